The minimum Gasteiger partial charge on any atom is -0.744 e. The largest absolute Gasteiger partial charge is 0.744 e. The van der Waals surface area contributed by atoms with Crippen molar-refractivity contribution in [2.24, 2.45) is 0 Å². The first-order valence-electron chi connectivity index (χ1n) is 7.22. The van der Waals surface area contributed by atoms with Gasteiger partial charge < -0.3 is 26.1 Å². The molecule has 23 heavy (non-hydrogen) atoms. The Morgan fingerprint density at radius 1 is 0.826 bits per heavy atom. The average molecular weight is 325 g/mol. The number of hydrogen-bond donors (Lipinski definition) is 3. The Labute approximate surface area is 131 Å². The van der Waals surface area contributed by atoms with Crippen LogP contribution in [0, 0.1) is 20.8 Å². The molecule has 0 aliphatic carbocycles. The van der Waals surface area contributed by atoms with E-state index in [2.05, 4.69) is 15.3 Å². The van der Waals surface area contributed by atoms with Crippen LogP contribution in [0.3, 0.4) is 0 Å². The topological polar surface area (TPSA) is 152 Å². The Kier molecular flexibility index (Phi) is 5.74. The molecule has 0 saturated carbocycles. The van der Waals surface area contributed by atoms with E-state index in [9.17, 15) is 20.8 Å². The van der Waals surface area contributed by atoms with Gasteiger partial charge in [0.15, 0.2) is 0 Å². The lowest BCUT2D eigenvalue weighted by atomic mass is 10.3. The van der Waals surface area contributed by atoms with E-state index in [1.807, 2.05) is 0 Å². The molecule has 0 amide bonds. The molecule has 0 aliphatic rings. The van der Waals surface area contributed by atoms with Gasteiger partial charge in [-0.25, -0.2) is 19.1 Å². The predicted molar refractivity (Wildman–Crippen MR) is 83.7 cm³/mol. The third-order valence-electron chi connectivity index (χ3n) is 3.33. The zero-order valence-electron chi connectivity index (χ0n) is 12.5. The zero-order valence-corrected chi connectivity index (χ0v) is 12.5. The Bertz CT molecular complexity index is 668. The second-order valence-corrected chi connectivity index (χ2v) is 4.93. The lowest BCUT2D eigenvalue weighted by molar-refractivity contribution is 0.525. The van der Waals surface area contributed by atoms with Crippen LogP contribution in [0.1, 0.15) is 12.8 Å². The van der Waals surface area contributed by atoms with Crippen molar-refractivity contribution in [1.29, 1.82) is 0 Å². The lowest BCUT2D eigenvalue weighted by Gasteiger charge is -2.12. The Balaban J connectivity index is 1.65. The van der Waals surface area contributed by atoms with Gasteiger partial charge in [-0.2, -0.15) is 0 Å². The maximum absolute atomic E-state index is 10.7. The van der Waals surface area contributed by atoms with Crippen molar-refractivity contribution in [1.82, 2.24) is 34.2 Å². The molecular weight excluding hydrogens is 306 g/mol. The summed E-state index contributed by atoms with van der Waals surface area (Å²) in [6.45, 7) is 2.53. The van der Waals surface area contributed by atoms with Crippen molar-refractivity contribution in [2.45, 2.75) is 25.9 Å². The Morgan fingerprint density at radius 3 is 1.65 bits per heavy atom. The van der Waals surface area contributed by atoms with Crippen LogP contribution >= 0.6 is 0 Å². The van der Waals surface area contributed by atoms with Gasteiger partial charge in [-0.15, -0.1) is 0 Å². The van der Waals surface area contributed by atoms with Gasteiger partial charge in [-0.3, -0.25) is 9.80 Å². The van der Waals surface area contributed by atoms with Crippen molar-refractivity contribution in [3.63, 3.8) is 0 Å². The summed E-state index contributed by atoms with van der Waals surface area (Å²) in [4.78, 5) is 4.26. The maximum Gasteiger partial charge on any atom is 0.358 e. The molecule has 2 aromatic rings. The fourth-order valence-electron chi connectivity index (χ4n) is 2.26. The molecule has 11 heteroatoms. The second kappa shape index (κ2) is 7.98. The van der Waals surface area contributed by atoms with Gasteiger partial charge in [-0.05, 0) is 25.9 Å². The van der Waals surface area contributed by atoms with Crippen LogP contribution in [0.5, 0.6) is 0 Å². The number of aromatic amines is 2. The highest BCUT2D eigenvalue weighted by molar-refractivity contribution is 4.78. The van der Waals surface area contributed by atoms with Crippen LogP contribution in [0.15, 0.2) is 24.8 Å². The summed E-state index contributed by atoms with van der Waals surface area (Å²) in [5.74, 6) is 0. The summed E-state index contributed by atoms with van der Waals surface area (Å²) in [6, 6.07) is 0. The number of H-pyrrole nitrogens is 2. The number of hydrogen-bond acceptors (Lipinski definition) is 5. The van der Waals surface area contributed by atoms with Crippen LogP contribution in [0.25, 0.3) is 0 Å². The predicted octanol–water partition coefficient (Wildman–Crippen LogP) is -1.45. The molecule has 0 bridgehead atoms. The Morgan fingerprint density at radius 2 is 1.26 bits per heavy atom. The summed E-state index contributed by atoms with van der Waals surface area (Å²) in [7, 11) is 0. The minimum atomic E-state index is -0.450. The first-order chi connectivity index (χ1) is 11.1. The molecule has 0 radical (unpaired) electrons. The number of aryl methyl sites for hydroxylation is 2. The molecule has 0 unspecified atom stereocenters. The van der Waals surface area contributed by atoms with Gasteiger partial charge in [0.2, 0.25) is 0 Å². The van der Waals surface area contributed by atoms with Gasteiger partial charge in [0.25, 0.3) is 0 Å². The summed E-state index contributed by atoms with van der Waals surface area (Å²) in [5, 5.41) is 46.1. The first-order valence-corrected chi connectivity index (χ1v) is 7.22. The van der Waals surface area contributed by atoms with E-state index >= 15 is 0 Å². The van der Waals surface area contributed by atoms with Crippen molar-refractivity contribution < 1.29 is 0 Å². The number of nitrogens with zero attached hydrogens (tertiary/aromatic N) is 4. The third kappa shape index (κ3) is 4.57. The molecule has 0 spiro atoms. The van der Waals surface area contributed by atoms with E-state index in [1.165, 1.54) is 12.4 Å². The van der Waals surface area contributed by atoms with Crippen LogP contribution in [0.4, 0.5) is 0 Å². The lowest BCUT2D eigenvalue weighted by Crippen LogP contribution is -2.31. The molecule has 3 N–H and O–H groups in total. The zero-order chi connectivity index (χ0) is 16.7. The summed E-state index contributed by atoms with van der Waals surface area (Å²) < 4.78 is 3.11. The van der Waals surface area contributed by atoms with E-state index in [0.717, 1.165) is 25.9 Å². The molecule has 128 valence electrons. The quantitative estimate of drug-likeness (QED) is 0.400. The number of rotatable bonds is 8. The van der Waals surface area contributed by atoms with Crippen molar-refractivity contribution in [3.8, 4) is 0 Å². The van der Waals surface area contributed by atoms with Gasteiger partial charge in [-0.1, -0.05) is 0 Å². The molecule has 0 aliphatic heterocycles. The highest BCUT2D eigenvalue weighted by atomic mass is 16.8. The highest BCUT2D eigenvalue weighted by Gasteiger charge is 2.02. The molecule has 2 rings (SSSR count). The van der Waals surface area contributed by atoms with E-state index in [0.29, 0.717) is 13.1 Å². The van der Waals surface area contributed by atoms with E-state index in [4.69, 9.17) is 0 Å². The fraction of sp³-hybridized carbons (Fsp3) is 0.500. The van der Waals surface area contributed by atoms with E-state index < -0.39 is 9.80 Å². The average Bonchev–Trinajstić information content (AvgIpc) is 3.14. The minimum absolute atomic E-state index is 0.0267. The number of aromatic nitrogens is 4. The standard InChI is InChI=1S/C12H19N7O4/c20-18(21)11-14-5-9-16(11)7-1-3-13-4-2-8-17-10-6-15-12(17)19(22)23/h5-6,9-10,13-15H,1-4,7-8H2/q-2. The van der Waals surface area contributed by atoms with Gasteiger partial charge in [0.1, 0.15) is 0 Å². The second-order valence-electron chi connectivity index (χ2n) is 4.93. The fourth-order valence-corrected chi connectivity index (χ4v) is 2.26. The van der Waals surface area contributed by atoms with Gasteiger partial charge in [0.05, 0.1) is 37.9 Å². The third-order valence-corrected chi connectivity index (χ3v) is 3.33. The van der Waals surface area contributed by atoms with E-state index in [-0.39, 0.29) is 11.2 Å². The maximum atomic E-state index is 10.7. The molecule has 2 aromatic heterocycles. The number of nitrogens with one attached hydrogen (secondary N) is 3. The number of imidazole rings is 2. The van der Waals surface area contributed by atoms with Crippen molar-refractivity contribution in [3.05, 3.63) is 56.9 Å². The van der Waals surface area contributed by atoms with Crippen LogP contribution in [0.2, 0.25) is 0 Å². The SMILES string of the molecule is [O-][N+]([O-])=c1[nH]ccn1CCCNCCCn1cc[nH]c1=[N+]([O-])[O-]. The molecule has 0 atom stereocenters. The summed E-state index contributed by atoms with van der Waals surface area (Å²) >= 11 is 0. The Hall–Kier alpha value is -2.82. The molecule has 0 fully saturated rings. The van der Waals surface area contributed by atoms with Crippen LogP contribution in [-0.4, -0.2) is 32.2 Å². The van der Waals surface area contributed by atoms with E-state index in [1.54, 1.807) is 21.5 Å². The molecule has 2 heterocycles. The molecular formula is C12H19N7O4-2. The molecule has 11 nitrogen and oxygen atoms in total. The molecule has 0 saturated heterocycles. The van der Waals surface area contributed by atoms with Crippen molar-refractivity contribution in [2.75, 3.05) is 13.1 Å². The van der Waals surface area contributed by atoms with Crippen LogP contribution < -0.4 is 26.4 Å². The molecule has 0 aromatic carbocycles. The first kappa shape index (κ1) is 16.5. The van der Waals surface area contributed by atoms with Crippen molar-refractivity contribution >= 4 is 0 Å². The van der Waals surface area contributed by atoms with Gasteiger partial charge >= 0.3 is 11.2 Å². The summed E-state index contributed by atoms with van der Waals surface area (Å²) in [5.41, 5.74) is -0.0534. The highest BCUT2D eigenvalue weighted by Crippen LogP contribution is 1.88. The van der Waals surface area contributed by atoms with Gasteiger partial charge in [0, 0.05) is 0 Å². The monoisotopic (exact) mass is 325 g/mol. The smallest absolute Gasteiger partial charge is 0.358 e. The van der Waals surface area contributed by atoms with Crippen LogP contribution in [-0.2, 0) is 13.1 Å². The normalized spacial score (nSPS) is 10.8. The summed E-state index contributed by atoms with van der Waals surface area (Å²) in [6.07, 6.45) is 7.85.